The summed E-state index contributed by atoms with van der Waals surface area (Å²) >= 11 is 0. The normalized spacial score (nSPS) is 18.2. The van der Waals surface area contributed by atoms with Crippen LogP contribution in [0.15, 0.2) is 24.3 Å². The van der Waals surface area contributed by atoms with Gasteiger partial charge >= 0.3 is 6.09 Å². The Kier molecular flexibility index (Phi) is 8.24. The standard InChI is InChI=1S/C27H37N3O4/c1-6-19-12-14-20(15-13-19)23(24(31)29-21-10-8-7-9-11-21)30(22-16-17-22)25(32)18(2)28-26(33)34-27(3,4)5/h1,12-15,18,21-23H,7-11,16-17H2,2-5H3,(H,28,33)(H,29,31). The Morgan fingerprint density at radius 3 is 2.21 bits per heavy atom. The molecule has 0 heterocycles. The number of carbonyl (C=O) groups is 3. The van der Waals surface area contributed by atoms with Gasteiger partial charge in [-0.15, -0.1) is 6.42 Å². The minimum Gasteiger partial charge on any atom is -0.444 e. The number of carbonyl (C=O) groups excluding carboxylic acids is 3. The van der Waals surface area contributed by atoms with E-state index in [9.17, 15) is 14.4 Å². The van der Waals surface area contributed by atoms with Crippen molar-refractivity contribution < 1.29 is 19.1 Å². The van der Waals surface area contributed by atoms with E-state index < -0.39 is 23.8 Å². The van der Waals surface area contributed by atoms with Crippen molar-refractivity contribution in [3.8, 4) is 12.3 Å². The molecule has 3 amide bonds. The van der Waals surface area contributed by atoms with Crippen LogP contribution >= 0.6 is 0 Å². The number of benzene rings is 1. The number of ether oxygens (including phenoxy) is 1. The molecule has 1 aromatic carbocycles. The molecule has 2 N–H and O–H groups in total. The lowest BCUT2D eigenvalue weighted by atomic mass is 9.94. The van der Waals surface area contributed by atoms with Crippen LogP contribution in [0.1, 0.15) is 89.8 Å². The average molecular weight is 468 g/mol. The summed E-state index contributed by atoms with van der Waals surface area (Å²) in [6, 6.07) is 5.63. The Labute approximate surface area is 203 Å². The van der Waals surface area contributed by atoms with E-state index >= 15 is 0 Å². The first-order valence-electron chi connectivity index (χ1n) is 12.3. The van der Waals surface area contributed by atoms with Crippen molar-refractivity contribution in [1.29, 1.82) is 0 Å². The highest BCUT2D eigenvalue weighted by Crippen LogP contribution is 2.36. The minimum absolute atomic E-state index is 0.0511. The van der Waals surface area contributed by atoms with Crippen molar-refractivity contribution in [2.75, 3.05) is 0 Å². The zero-order valence-corrected chi connectivity index (χ0v) is 20.7. The molecule has 0 saturated heterocycles. The van der Waals surface area contributed by atoms with Crippen molar-refractivity contribution in [1.82, 2.24) is 15.5 Å². The van der Waals surface area contributed by atoms with Crippen molar-refractivity contribution in [2.24, 2.45) is 0 Å². The van der Waals surface area contributed by atoms with Gasteiger partial charge in [-0.1, -0.05) is 37.3 Å². The predicted molar refractivity (Wildman–Crippen MR) is 131 cm³/mol. The van der Waals surface area contributed by atoms with Gasteiger partial charge in [0.2, 0.25) is 11.8 Å². The molecule has 7 heteroatoms. The number of nitrogens with one attached hydrogen (secondary N) is 2. The lowest BCUT2D eigenvalue weighted by Crippen LogP contribution is -2.53. The zero-order valence-electron chi connectivity index (χ0n) is 20.7. The number of terminal acetylenes is 1. The summed E-state index contributed by atoms with van der Waals surface area (Å²) < 4.78 is 5.31. The molecule has 1 aromatic rings. The maximum atomic E-state index is 13.6. The number of hydrogen-bond acceptors (Lipinski definition) is 4. The molecule has 2 fully saturated rings. The number of amides is 3. The topological polar surface area (TPSA) is 87.7 Å². The first-order valence-corrected chi connectivity index (χ1v) is 12.3. The fourth-order valence-corrected chi connectivity index (χ4v) is 4.37. The van der Waals surface area contributed by atoms with Crippen LogP contribution in [0.25, 0.3) is 0 Å². The van der Waals surface area contributed by atoms with Crippen LogP contribution in [0.2, 0.25) is 0 Å². The van der Waals surface area contributed by atoms with Crippen LogP contribution in [-0.2, 0) is 14.3 Å². The molecule has 184 valence electrons. The van der Waals surface area contributed by atoms with E-state index in [1.54, 1.807) is 44.7 Å². The Morgan fingerprint density at radius 2 is 1.68 bits per heavy atom. The molecule has 0 aliphatic heterocycles. The minimum atomic E-state index is -0.842. The van der Waals surface area contributed by atoms with E-state index in [2.05, 4.69) is 16.6 Å². The first kappa shape index (κ1) is 25.6. The van der Waals surface area contributed by atoms with Gasteiger partial charge in [0.05, 0.1) is 0 Å². The van der Waals surface area contributed by atoms with Crippen molar-refractivity contribution in [2.45, 2.75) is 102 Å². The Hall–Kier alpha value is -3.01. The first-order chi connectivity index (χ1) is 16.1. The Morgan fingerprint density at radius 1 is 1.06 bits per heavy atom. The number of hydrogen-bond donors (Lipinski definition) is 2. The fourth-order valence-electron chi connectivity index (χ4n) is 4.37. The SMILES string of the molecule is C#Cc1ccc(C(C(=O)NC2CCCCC2)N(C(=O)C(C)NC(=O)OC(C)(C)C)C2CC2)cc1. The third kappa shape index (κ3) is 6.99. The molecule has 2 unspecified atom stereocenters. The third-order valence-electron chi connectivity index (χ3n) is 6.17. The molecular weight excluding hydrogens is 430 g/mol. The summed E-state index contributed by atoms with van der Waals surface area (Å²) in [6.07, 6.45) is 11.8. The maximum Gasteiger partial charge on any atom is 0.408 e. The molecular formula is C27H37N3O4. The molecule has 34 heavy (non-hydrogen) atoms. The van der Waals surface area contributed by atoms with Gasteiger partial charge in [0.1, 0.15) is 17.7 Å². The Bertz CT molecular complexity index is 919. The third-order valence-corrected chi connectivity index (χ3v) is 6.17. The highest BCUT2D eigenvalue weighted by molar-refractivity contribution is 5.92. The largest absolute Gasteiger partial charge is 0.444 e. The van der Waals surface area contributed by atoms with E-state index in [0.717, 1.165) is 38.5 Å². The summed E-state index contributed by atoms with van der Waals surface area (Å²) in [5.41, 5.74) is 0.737. The molecule has 0 bridgehead atoms. The summed E-state index contributed by atoms with van der Waals surface area (Å²) in [5, 5.41) is 5.82. The molecule has 2 atom stereocenters. The van der Waals surface area contributed by atoms with E-state index in [1.165, 1.54) is 6.42 Å². The molecule has 0 spiro atoms. The summed E-state index contributed by atoms with van der Waals surface area (Å²) in [5.74, 6) is 2.09. The lowest BCUT2D eigenvalue weighted by Gasteiger charge is -2.35. The lowest BCUT2D eigenvalue weighted by molar-refractivity contribution is -0.143. The van der Waals surface area contributed by atoms with Crippen LogP contribution in [-0.4, -0.2) is 46.5 Å². The second-order valence-corrected chi connectivity index (χ2v) is 10.4. The van der Waals surface area contributed by atoms with Gasteiger partial charge in [-0.2, -0.15) is 0 Å². The van der Waals surface area contributed by atoms with Gasteiger partial charge in [-0.05, 0) is 71.1 Å². The average Bonchev–Trinajstić information content (AvgIpc) is 3.61. The zero-order chi connectivity index (χ0) is 24.9. The van der Waals surface area contributed by atoms with E-state index in [-0.39, 0.29) is 23.9 Å². The van der Waals surface area contributed by atoms with Crippen LogP contribution in [0.4, 0.5) is 4.79 Å². The van der Waals surface area contributed by atoms with E-state index in [4.69, 9.17) is 11.2 Å². The van der Waals surface area contributed by atoms with Crippen molar-refractivity contribution >= 4 is 17.9 Å². The molecule has 7 nitrogen and oxygen atoms in total. The molecule has 2 saturated carbocycles. The van der Waals surface area contributed by atoms with Crippen molar-refractivity contribution in [3.05, 3.63) is 35.4 Å². The Balaban J connectivity index is 1.85. The smallest absolute Gasteiger partial charge is 0.408 e. The highest BCUT2D eigenvalue weighted by atomic mass is 16.6. The van der Waals surface area contributed by atoms with Crippen LogP contribution in [0.5, 0.6) is 0 Å². The molecule has 0 aromatic heterocycles. The second-order valence-electron chi connectivity index (χ2n) is 10.4. The van der Waals surface area contributed by atoms with Gasteiger partial charge in [-0.25, -0.2) is 4.79 Å². The van der Waals surface area contributed by atoms with Crippen LogP contribution in [0, 0.1) is 12.3 Å². The number of rotatable bonds is 7. The van der Waals surface area contributed by atoms with Gasteiger partial charge in [0.25, 0.3) is 0 Å². The van der Waals surface area contributed by atoms with E-state index in [0.29, 0.717) is 11.1 Å². The fraction of sp³-hybridized carbons (Fsp3) is 0.593. The van der Waals surface area contributed by atoms with Crippen LogP contribution in [0.3, 0.4) is 0 Å². The number of nitrogens with zero attached hydrogens (tertiary/aromatic N) is 1. The molecule has 2 aliphatic rings. The van der Waals surface area contributed by atoms with Gasteiger partial charge < -0.3 is 20.3 Å². The molecule has 2 aliphatic carbocycles. The highest BCUT2D eigenvalue weighted by Gasteiger charge is 2.43. The number of alkyl carbamates (subject to hydrolysis) is 1. The van der Waals surface area contributed by atoms with Gasteiger partial charge in [0.15, 0.2) is 0 Å². The molecule has 3 rings (SSSR count). The van der Waals surface area contributed by atoms with E-state index in [1.807, 2.05) is 12.1 Å². The summed E-state index contributed by atoms with van der Waals surface area (Å²) in [6.45, 7) is 6.92. The van der Waals surface area contributed by atoms with Crippen molar-refractivity contribution in [3.63, 3.8) is 0 Å². The monoisotopic (exact) mass is 467 g/mol. The van der Waals surface area contributed by atoms with Gasteiger partial charge in [0, 0.05) is 17.6 Å². The summed E-state index contributed by atoms with van der Waals surface area (Å²) in [7, 11) is 0. The van der Waals surface area contributed by atoms with Crippen LogP contribution < -0.4 is 10.6 Å². The van der Waals surface area contributed by atoms with Gasteiger partial charge in [-0.3, -0.25) is 9.59 Å². The summed E-state index contributed by atoms with van der Waals surface area (Å²) in [4.78, 5) is 41.2. The quantitative estimate of drug-likeness (QED) is 0.592. The second kappa shape index (κ2) is 10.9. The maximum absolute atomic E-state index is 13.6. The predicted octanol–water partition coefficient (Wildman–Crippen LogP) is 4.06. The molecule has 0 radical (unpaired) electrons.